The van der Waals surface area contributed by atoms with Gasteiger partial charge in [0.05, 0.1) is 6.10 Å². The van der Waals surface area contributed by atoms with Crippen molar-refractivity contribution >= 4 is 15.9 Å². The molecule has 0 aliphatic heterocycles. The number of rotatable bonds is 3. The van der Waals surface area contributed by atoms with Crippen LogP contribution in [0.1, 0.15) is 22.8 Å². The van der Waals surface area contributed by atoms with Crippen LogP contribution < -0.4 is 0 Å². The number of hydrogen-bond donors (Lipinski definition) is 1. The molecule has 1 unspecified atom stereocenters. The van der Waals surface area contributed by atoms with Crippen molar-refractivity contribution in [1.82, 2.24) is 0 Å². The summed E-state index contributed by atoms with van der Waals surface area (Å²) < 4.78 is 14.4. The number of halogens is 2. The van der Waals surface area contributed by atoms with Gasteiger partial charge in [-0.3, -0.25) is 0 Å². The molecule has 3 heteroatoms. The van der Waals surface area contributed by atoms with E-state index in [1.54, 1.807) is 19.1 Å². The molecule has 0 saturated heterocycles. The monoisotopic (exact) mass is 308 g/mol. The van der Waals surface area contributed by atoms with Gasteiger partial charge in [-0.15, -0.1) is 0 Å². The first kappa shape index (κ1) is 13.2. The molecule has 0 heterocycles. The molecule has 2 aromatic carbocycles. The molecule has 0 aliphatic rings. The molecule has 1 N–H and O–H groups in total. The third-order valence-corrected chi connectivity index (χ3v) is 3.73. The SMILES string of the molecule is Cc1ccc(C(O)Cc2ccccc2Br)cc1F. The van der Waals surface area contributed by atoms with Gasteiger partial charge in [-0.25, -0.2) is 4.39 Å². The van der Waals surface area contributed by atoms with Crippen LogP contribution in [0.25, 0.3) is 0 Å². The Balaban J connectivity index is 2.19. The van der Waals surface area contributed by atoms with E-state index in [1.165, 1.54) is 6.07 Å². The van der Waals surface area contributed by atoms with Gasteiger partial charge in [0, 0.05) is 10.9 Å². The zero-order valence-electron chi connectivity index (χ0n) is 10.0. The van der Waals surface area contributed by atoms with E-state index in [1.807, 2.05) is 24.3 Å². The van der Waals surface area contributed by atoms with Gasteiger partial charge in [-0.2, -0.15) is 0 Å². The van der Waals surface area contributed by atoms with Crippen molar-refractivity contribution in [2.75, 3.05) is 0 Å². The summed E-state index contributed by atoms with van der Waals surface area (Å²) in [5.74, 6) is -0.279. The van der Waals surface area contributed by atoms with Crippen LogP contribution in [-0.4, -0.2) is 5.11 Å². The summed E-state index contributed by atoms with van der Waals surface area (Å²) in [6.45, 7) is 1.71. The largest absolute Gasteiger partial charge is 0.388 e. The van der Waals surface area contributed by atoms with Crippen molar-refractivity contribution in [2.24, 2.45) is 0 Å². The fourth-order valence-corrected chi connectivity index (χ4v) is 2.25. The van der Waals surface area contributed by atoms with Crippen LogP contribution in [0.15, 0.2) is 46.9 Å². The minimum atomic E-state index is -0.696. The first-order chi connectivity index (χ1) is 8.58. The quantitative estimate of drug-likeness (QED) is 0.902. The van der Waals surface area contributed by atoms with Crippen molar-refractivity contribution < 1.29 is 9.50 Å². The van der Waals surface area contributed by atoms with Crippen molar-refractivity contribution in [3.63, 3.8) is 0 Å². The zero-order valence-corrected chi connectivity index (χ0v) is 11.6. The van der Waals surface area contributed by atoms with E-state index in [9.17, 15) is 9.50 Å². The molecule has 2 rings (SSSR count). The molecule has 0 bridgehead atoms. The summed E-state index contributed by atoms with van der Waals surface area (Å²) in [5, 5.41) is 10.1. The Morgan fingerprint density at radius 2 is 1.94 bits per heavy atom. The van der Waals surface area contributed by atoms with Gasteiger partial charge in [0.25, 0.3) is 0 Å². The van der Waals surface area contributed by atoms with Crippen molar-refractivity contribution in [3.05, 3.63) is 69.4 Å². The van der Waals surface area contributed by atoms with Gasteiger partial charge >= 0.3 is 0 Å². The van der Waals surface area contributed by atoms with Crippen LogP contribution >= 0.6 is 15.9 Å². The number of hydrogen-bond acceptors (Lipinski definition) is 1. The molecule has 2 aromatic rings. The third-order valence-electron chi connectivity index (χ3n) is 2.95. The molecular formula is C15H14BrFO. The van der Waals surface area contributed by atoms with Gasteiger partial charge in [0.15, 0.2) is 0 Å². The summed E-state index contributed by atoms with van der Waals surface area (Å²) in [5.41, 5.74) is 2.20. The van der Waals surface area contributed by atoms with Crippen LogP contribution in [0, 0.1) is 12.7 Å². The highest BCUT2D eigenvalue weighted by molar-refractivity contribution is 9.10. The van der Waals surface area contributed by atoms with E-state index in [-0.39, 0.29) is 5.82 Å². The molecule has 1 atom stereocenters. The lowest BCUT2D eigenvalue weighted by Crippen LogP contribution is -2.03. The van der Waals surface area contributed by atoms with Crippen LogP contribution in [0.4, 0.5) is 4.39 Å². The average Bonchev–Trinajstić information content (AvgIpc) is 2.35. The molecule has 0 aliphatic carbocycles. The molecule has 0 fully saturated rings. The second-order valence-corrected chi connectivity index (χ2v) is 5.17. The van der Waals surface area contributed by atoms with Crippen molar-refractivity contribution in [2.45, 2.75) is 19.4 Å². The molecule has 1 nitrogen and oxygen atoms in total. The van der Waals surface area contributed by atoms with Gasteiger partial charge in [-0.05, 0) is 35.7 Å². The van der Waals surface area contributed by atoms with Gasteiger partial charge in [0.1, 0.15) is 5.82 Å². The van der Waals surface area contributed by atoms with E-state index in [0.29, 0.717) is 17.5 Å². The number of aliphatic hydroxyl groups is 1. The minimum absolute atomic E-state index is 0.279. The van der Waals surface area contributed by atoms with Crippen LogP contribution in [-0.2, 0) is 6.42 Å². The van der Waals surface area contributed by atoms with Crippen molar-refractivity contribution in [1.29, 1.82) is 0 Å². The van der Waals surface area contributed by atoms with Gasteiger partial charge < -0.3 is 5.11 Å². The van der Waals surface area contributed by atoms with E-state index >= 15 is 0 Å². The molecule has 18 heavy (non-hydrogen) atoms. The molecule has 0 aromatic heterocycles. The van der Waals surface area contributed by atoms with E-state index < -0.39 is 6.10 Å². The molecular weight excluding hydrogens is 295 g/mol. The minimum Gasteiger partial charge on any atom is -0.388 e. The Hall–Kier alpha value is -1.19. The highest BCUT2D eigenvalue weighted by atomic mass is 79.9. The first-order valence-corrected chi connectivity index (χ1v) is 6.55. The first-order valence-electron chi connectivity index (χ1n) is 5.75. The van der Waals surface area contributed by atoms with Crippen LogP contribution in [0.2, 0.25) is 0 Å². The maximum atomic E-state index is 13.4. The summed E-state index contributed by atoms with van der Waals surface area (Å²) in [6.07, 6.45) is -0.233. The van der Waals surface area contributed by atoms with Crippen LogP contribution in [0.3, 0.4) is 0 Å². The second-order valence-electron chi connectivity index (χ2n) is 4.32. The molecule has 0 amide bonds. The highest BCUT2D eigenvalue weighted by Gasteiger charge is 2.11. The Labute approximate surface area is 114 Å². The van der Waals surface area contributed by atoms with Gasteiger partial charge in [0.2, 0.25) is 0 Å². The van der Waals surface area contributed by atoms with Crippen molar-refractivity contribution in [3.8, 4) is 0 Å². The predicted molar refractivity (Wildman–Crippen MR) is 73.9 cm³/mol. The topological polar surface area (TPSA) is 20.2 Å². The summed E-state index contributed by atoms with van der Waals surface area (Å²) in [6, 6.07) is 12.6. The number of aliphatic hydroxyl groups excluding tert-OH is 1. The Kier molecular flexibility index (Phi) is 4.15. The fourth-order valence-electron chi connectivity index (χ4n) is 1.81. The predicted octanol–water partition coefficient (Wildman–Crippen LogP) is 4.17. The Morgan fingerprint density at radius 1 is 1.22 bits per heavy atom. The summed E-state index contributed by atoms with van der Waals surface area (Å²) >= 11 is 3.44. The second kappa shape index (κ2) is 5.63. The summed E-state index contributed by atoms with van der Waals surface area (Å²) in [7, 11) is 0. The molecule has 94 valence electrons. The Bertz CT molecular complexity index is 554. The summed E-state index contributed by atoms with van der Waals surface area (Å²) in [4.78, 5) is 0. The third kappa shape index (κ3) is 2.98. The average molecular weight is 309 g/mol. The number of benzene rings is 2. The lowest BCUT2D eigenvalue weighted by molar-refractivity contribution is 0.178. The molecule has 0 radical (unpaired) electrons. The number of aryl methyl sites for hydroxylation is 1. The fraction of sp³-hybridized carbons (Fsp3) is 0.200. The standard InChI is InChI=1S/C15H14BrFO/c1-10-6-7-12(8-14(10)17)15(18)9-11-4-2-3-5-13(11)16/h2-8,15,18H,9H2,1H3. The lowest BCUT2D eigenvalue weighted by atomic mass is 10.0. The normalized spacial score (nSPS) is 12.4. The van der Waals surface area contributed by atoms with Gasteiger partial charge in [-0.1, -0.05) is 46.3 Å². The highest BCUT2D eigenvalue weighted by Crippen LogP contribution is 2.24. The maximum Gasteiger partial charge on any atom is 0.126 e. The molecule has 0 spiro atoms. The van der Waals surface area contributed by atoms with E-state index in [0.717, 1.165) is 10.0 Å². The smallest absolute Gasteiger partial charge is 0.126 e. The lowest BCUT2D eigenvalue weighted by Gasteiger charge is -2.13. The van der Waals surface area contributed by atoms with E-state index in [4.69, 9.17) is 0 Å². The Morgan fingerprint density at radius 3 is 2.61 bits per heavy atom. The van der Waals surface area contributed by atoms with Crippen LogP contribution in [0.5, 0.6) is 0 Å². The molecule has 0 saturated carbocycles. The zero-order chi connectivity index (χ0) is 13.1. The van der Waals surface area contributed by atoms with E-state index in [2.05, 4.69) is 15.9 Å². The maximum absolute atomic E-state index is 13.4.